The number of benzene rings is 2. The number of hydrogen-bond acceptors (Lipinski definition) is 5. The van der Waals surface area contributed by atoms with Crippen molar-refractivity contribution in [1.82, 2.24) is 15.3 Å². The quantitative estimate of drug-likeness (QED) is 0.526. The zero-order valence-corrected chi connectivity index (χ0v) is 15.2. The number of aromatic amines is 1. The topological polar surface area (TPSA) is 73.4 Å². The van der Waals surface area contributed by atoms with Gasteiger partial charge in [0, 0.05) is 24.4 Å². The Hall–Kier alpha value is -3.45. The fraction of sp³-hybridized carbons (Fsp3) is 0.0500. The predicted molar refractivity (Wildman–Crippen MR) is 110 cm³/mol. The van der Waals surface area contributed by atoms with Crippen LogP contribution in [0.25, 0.3) is 27.2 Å². The van der Waals surface area contributed by atoms with E-state index in [1.54, 1.807) is 17.4 Å². The van der Waals surface area contributed by atoms with Crippen LogP contribution in [0.2, 0.25) is 0 Å². The molecule has 0 saturated heterocycles. The fourth-order valence-corrected chi connectivity index (χ4v) is 3.82. The van der Waals surface area contributed by atoms with Gasteiger partial charge in [-0.1, -0.05) is 6.07 Å². The van der Waals surface area contributed by atoms with Gasteiger partial charge in [-0.25, -0.2) is 9.98 Å². The van der Waals surface area contributed by atoms with Crippen molar-refractivity contribution in [2.75, 3.05) is 11.9 Å². The van der Waals surface area contributed by atoms with Crippen LogP contribution >= 0.6 is 11.3 Å². The number of hydrogen-bond donors (Lipinski definition) is 2. The Balaban J connectivity index is 1.47. The highest BCUT2D eigenvalue weighted by molar-refractivity contribution is 7.16. The molecule has 1 aliphatic heterocycles. The normalized spacial score (nSPS) is 15.5. The van der Waals surface area contributed by atoms with Crippen molar-refractivity contribution in [3.8, 4) is 0 Å². The fourth-order valence-electron chi connectivity index (χ4n) is 3.11. The highest BCUT2D eigenvalue weighted by atomic mass is 32.1. The van der Waals surface area contributed by atoms with Gasteiger partial charge >= 0.3 is 0 Å². The van der Waals surface area contributed by atoms with Crippen LogP contribution in [-0.2, 0) is 4.79 Å². The molecule has 6 nitrogen and oxygen atoms in total. The molecule has 4 aromatic rings. The summed E-state index contributed by atoms with van der Waals surface area (Å²) in [4.78, 5) is 26.2. The van der Waals surface area contributed by atoms with Gasteiger partial charge in [-0.2, -0.15) is 0 Å². The van der Waals surface area contributed by atoms with Crippen molar-refractivity contribution in [3.05, 3.63) is 65.4 Å². The summed E-state index contributed by atoms with van der Waals surface area (Å²) in [5, 5.41) is 3.95. The van der Waals surface area contributed by atoms with E-state index in [1.165, 1.54) is 0 Å². The SMILES string of the molecule is CN(C1=N/C(=C\c2ccc3[nH]ccc3c2)C(=O)N1)c1ccc2ncsc2c1. The molecular formula is C20H15N5OS. The van der Waals surface area contributed by atoms with Gasteiger partial charge in [-0.05, 0) is 53.4 Å². The van der Waals surface area contributed by atoms with E-state index in [-0.39, 0.29) is 5.91 Å². The summed E-state index contributed by atoms with van der Waals surface area (Å²) < 4.78 is 1.10. The molecule has 1 amide bonds. The highest BCUT2D eigenvalue weighted by Crippen LogP contribution is 2.25. The second-order valence-electron chi connectivity index (χ2n) is 6.31. The number of thiazole rings is 1. The third-order valence-corrected chi connectivity index (χ3v) is 5.38. The van der Waals surface area contributed by atoms with Crippen molar-refractivity contribution in [2.45, 2.75) is 0 Å². The minimum atomic E-state index is -0.204. The Kier molecular flexibility index (Phi) is 3.54. The summed E-state index contributed by atoms with van der Waals surface area (Å²) >= 11 is 1.59. The lowest BCUT2D eigenvalue weighted by Crippen LogP contribution is -2.37. The molecule has 5 rings (SSSR count). The van der Waals surface area contributed by atoms with Crippen LogP contribution in [0.5, 0.6) is 0 Å². The summed E-state index contributed by atoms with van der Waals surface area (Å²) in [6.07, 6.45) is 3.70. The third-order valence-electron chi connectivity index (χ3n) is 4.58. The van der Waals surface area contributed by atoms with Gasteiger partial charge in [-0.3, -0.25) is 10.1 Å². The first-order chi connectivity index (χ1) is 13.2. The summed E-state index contributed by atoms with van der Waals surface area (Å²) in [7, 11) is 1.89. The standard InChI is InChI=1S/C20H15N5OS/c1-25(14-3-5-16-18(10-14)27-11-22-16)20-23-17(19(26)24-20)9-12-2-4-15-13(8-12)6-7-21-15/h2-11,21H,1H3,(H,23,24,26)/b17-9-. The lowest BCUT2D eigenvalue weighted by Gasteiger charge is -2.18. The maximum absolute atomic E-state index is 12.4. The summed E-state index contributed by atoms with van der Waals surface area (Å²) in [5.74, 6) is 0.308. The average Bonchev–Trinajstić information content (AvgIpc) is 3.40. The minimum Gasteiger partial charge on any atom is -0.361 e. The van der Waals surface area contributed by atoms with E-state index in [9.17, 15) is 4.79 Å². The molecule has 7 heteroatoms. The Bertz CT molecular complexity index is 1250. The largest absolute Gasteiger partial charge is 0.361 e. The van der Waals surface area contributed by atoms with Crippen LogP contribution in [0.1, 0.15) is 5.56 Å². The van der Waals surface area contributed by atoms with E-state index >= 15 is 0 Å². The van der Waals surface area contributed by atoms with Gasteiger partial charge < -0.3 is 9.88 Å². The number of nitrogens with one attached hydrogen (secondary N) is 2. The maximum atomic E-state index is 12.4. The molecule has 0 fully saturated rings. The van der Waals surface area contributed by atoms with Crippen molar-refractivity contribution in [2.24, 2.45) is 4.99 Å². The van der Waals surface area contributed by atoms with Gasteiger partial charge in [0.2, 0.25) is 5.96 Å². The molecule has 3 heterocycles. The van der Waals surface area contributed by atoms with Crippen LogP contribution in [0, 0.1) is 0 Å². The molecule has 0 aliphatic carbocycles. The molecule has 2 aromatic heterocycles. The number of fused-ring (bicyclic) bond motifs is 2. The Labute approximate surface area is 158 Å². The zero-order chi connectivity index (χ0) is 18.4. The maximum Gasteiger partial charge on any atom is 0.276 e. The van der Waals surface area contributed by atoms with Crippen LogP contribution in [0.15, 0.2) is 64.9 Å². The number of carbonyl (C=O) groups excluding carboxylic acids is 1. The lowest BCUT2D eigenvalue weighted by molar-refractivity contribution is -0.115. The molecule has 2 N–H and O–H groups in total. The summed E-state index contributed by atoms with van der Waals surface area (Å²) in [6, 6.07) is 14.0. The molecule has 0 saturated carbocycles. The predicted octanol–water partition coefficient (Wildman–Crippen LogP) is 3.74. The summed E-state index contributed by atoms with van der Waals surface area (Å²) in [6.45, 7) is 0. The smallest absolute Gasteiger partial charge is 0.276 e. The number of aliphatic imine (C=N–C) groups is 1. The number of amides is 1. The number of anilines is 1. The first-order valence-corrected chi connectivity index (χ1v) is 9.31. The van der Waals surface area contributed by atoms with E-state index in [1.807, 2.05) is 66.1 Å². The van der Waals surface area contributed by atoms with Crippen molar-refractivity contribution in [1.29, 1.82) is 0 Å². The second kappa shape index (κ2) is 6.07. The van der Waals surface area contributed by atoms with Crippen LogP contribution in [-0.4, -0.2) is 28.9 Å². The zero-order valence-electron chi connectivity index (χ0n) is 14.4. The van der Waals surface area contributed by atoms with Crippen molar-refractivity contribution >= 4 is 56.1 Å². The van der Waals surface area contributed by atoms with Gasteiger partial charge in [0.15, 0.2) is 0 Å². The third kappa shape index (κ3) is 2.78. The first kappa shape index (κ1) is 15.8. The van der Waals surface area contributed by atoms with Gasteiger partial charge in [0.1, 0.15) is 5.70 Å². The van der Waals surface area contributed by atoms with Crippen LogP contribution in [0.3, 0.4) is 0 Å². The van der Waals surface area contributed by atoms with Gasteiger partial charge in [-0.15, -0.1) is 11.3 Å². The van der Waals surface area contributed by atoms with E-state index < -0.39 is 0 Å². The number of carbonyl (C=O) groups is 1. The van der Waals surface area contributed by atoms with Crippen LogP contribution in [0.4, 0.5) is 5.69 Å². The number of rotatable bonds is 2. The van der Waals surface area contributed by atoms with E-state index in [2.05, 4.69) is 20.3 Å². The van der Waals surface area contributed by atoms with Crippen molar-refractivity contribution < 1.29 is 4.79 Å². The van der Waals surface area contributed by atoms with E-state index in [0.29, 0.717) is 11.7 Å². The highest BCUT2D eigenvalue weighted by Gasteiger charge is 2.23. The van der Waals surface area contributed by atoms with Gasteiger partial charge in [0.25, 0.3) is 5.91 Å². The van der Waals surface area contributed by atoms with Crippen molar-refractivity contribution in [3.63, 3.8) is 0 Å². The van der Waals surface area contributed by atoms with Gasteiger partial charge in [0.05, 0.1) is 15.7 Å². The average molecular weight is 373 g/mol. The molecule has 132 valence electrons. The molecule has 27 heavy (non-hydrogen) atoms. The number of aromatic nitrogens is 2. The Morgan fingerprint density at radius 1 is 1.15 bits per heavy atom. The van der Waals surface area contributed by atoms with Crippen LogP contribution < -0.4 is 10.2 Å². The molecular weight excluding hydrogens is 358 g/mol. The molecule has 0 spiro atoms. The number of nitrogens with zero attached hydrogens (tertiary/aromatic N) is 3. The Morgan fingerprint density at radius 3 is 3.00 bits per heavy atom. The summed E-state index contributed by atoms with van der Waals surface area (Å²) in [5.41, 5.74) is 6.13. The monoisotopic (exact) mass is 373 g/mol. The molecule has 2 aromatic carbocycles. The molecule has 0 atom stereocenters. The molecule has 1 aliphatic rings. The number of guanidine groups is 1. The lowest BCUT2D eigenvalue weighted by atomic mass is 10.1. The molecule has 0 radical (unpaired) electrons. The van der Waals surface area contributed by atoms with E-state index in [0.717, 1.165) is 32.4 Å². The molecule has 0 unspecified atom stereocenters. The second-order valence-corrected chi connectivity index (χ2v) is 7.19. The Morgan fingerprint density at radius 2 is 2.07 bits per heavy atom. The van der Waals surface area contributed by atoms with E-state index in [4.69, 9.17) is 0 Å². The molecule has 0 bridgehead atoms. The number of H-pyrrole nitrogens is 1. The first-order valence-electron chi connectivity index (χ1n) is 8.43. The minimum absolute atomic E-state index is 0.204.